The maximum atomic E-state index is 12.1. The molecule has 0 bridgehead atoms. The third kappa shape index (κ3) is 7.05. The van der Waals surface area contributed by atoms with E-state index in [9.17, 15) is 9.90 Å². The quantitative estimate of drug-likeness (QED) is 0.271. The smallest absolute Gasteiger partial charge is 0.306 e. The standard InChI is InChI=1S/C31H37NO3/c1-7-23-19-27(33)16-21(3)30(23)26-10-8-9-22(17-26)18-28(32)25-12-11-24(20(2)15-25)13-14-29(34)35-31(4,5)6/h8-12,15-17,19,32-33H,7,13-14,18H2,1-6H3. The Morgan fingerprint density at radius 1 is 0.971 bits per heavy atom. The topological polar surface area (TPSA) is 70.4 Å². The summed E-state index contributed by atoms with van der Waals surface area (Å²) in [6.45, 7) is 11.8. The molecule has 0 radical (unpaired) electrons. The van der Waals surface area contributed by atoms with Crippen LogP contribution in [0.25, 0.3) is 11.1 Å². The summed E-state index contributed by atoms with van der Waals surface area (Å²) in [5.41, 5.74) is 8.67. The predicted molar refractivity (Wildman–Crippen MR) is 144 cm³/mol. The SMILES string of the molecule is CCc1cc(O)cc(C)c1-c1cccc(CC(=N)c2ccc(CCC(=O)OC(C)(C)C)c(C)c2)c1. The number of ether oxygens (including phenoxy) is 1. The van der Waals surface area contributed by atoms with Gasteiger partial charge in [0.25, 0.3) is 0 Å². The lowest BCUT2D eigenvalue weighted by molar-refractivity contribution is -0.154. The molecule has 4 heteroatoms. The Kier molecular flexibility index (Phi) is 8.16. The number of nitrogens with one attached hydrogen (secondary N) is 1. The third-order valence-corrected chi connectivity index (χ3v) is 6.09. The molecule has 3 rings (SSSR count). The largest absolute Gasteiger partial charge is 0.508 e. The molecule has 0 aromatic heterocycles. The van der Waals surface area contributed by atoms with Crippen molar-refractivity contribution in [2.24, 2.45) is 0 Å². The molecule has 0 saturated carbocycles. The molecule has 2 N–H and O–H groups in total. The number of phenolic OH excluding ortho intramolecular Hbond substituents is 1. The van der Waals surface area contributed by atoms with E-state index in [1.807, 2.05) is 65.0 Å². The van der Waals surface area contributed by atoms with Gasteiger partial charge >= 0.3 is 5.97 Å². The van der Waals surface area contributed by atoms with Gasteiger partial charge in [-0.3, -0.25) is 4.79 Å². The first-order valence-electron chi connectivity index (χ1n) is 12.3. The van der Waals surface area contributed by atoms with Crippen LogP contribution < -0.4 is 0 Å². The second-order valence-corrected chi connectivity index (χ2v) is 10.2. The zero-order valence-electron chi connectivity index (χ0n) is 21.8. The Bertz CT molecular complexity index is 1230. The molecule has 0 aliphatic carbocycles. The lowest BCUT2D eigenvalue weighted by Crippen LogP contribution is -2.24. The summed E-state index contributed by atoms with van der Waals surface area (Å²) in [6.07, 6.45) is 2.34. The van der Waals surface area contributed by atoms with E-state index < -0.39 is 5.60 Å². The number of esters is 1. The van der Waals surface area contributed by atoms with Crippen LogP contribution in [0.5, 0.6) is 5.75 Å². The van der Waals surface area contributed by atoms with Gasteiger partial charge in [0.2, 0.25) is 0 Å². The van der Waals surface area contributed by atoms with Crippen LogP contribution in [-0.2, 0) is 28.8 Å². The lowest BCUT2D eigenvalue weighted by Gasteiger charge is -2.19. The fourth-order valence-corrected chi connectivity index (χ4v) is 4.47. The Balaban J connectivity index is 1.73. The minimum Gasteiger partial charge on any atom is -0.508 e. The molecule has 35 heavy (non-hydrogen) atoms. The summed E-state index contributed by atoms with van der Waals surface area (Å²) in [5, 5.41) is 18.7. The number of aromatic hydroxyl groups is 1. The molecule has 3 aromatic rings. The number of hydrogen-bond donors (Lipinski definition) is 2. The van der Waals surface area contributed by atoms with Crippen molar-refractivity contribution in [2.45, 2.75) is 72.8 Å². The summed E-state index contributed by atoms with van der Waals surface area (Å²) >= 11 is 0. The second-order valence-electron chi connectivity index (χ2n) is 10.2. The predicted octanol–water partition coefficient (Wildman–Crippen LogP) is 7.12. The second kappa shape index (κ2) is 10.9. The number of phenols is 1. The van der Waals surface area contributed by atoms with Crippen molar-refractivity contribution in [1.82, 2.24) is 0 Å². The Hall–Kier alpha value is -3.40. The molecule has 0 aliphatic heterocycles. The van der Waals surface area contributed by atoms with E-state index in [1.54, 1.807) is 6.07 Å². The van der Waals surface area contributed by atoms with E-state index in [4.69, 9.17) is 10.1 Å². The molecular formula is C31H37NO3. The van der Waals surface area contributed by atoms with Gasteiger partial charge in [-0.1, -0.05) is 43.3 Å². The van der Waals surface area contributed by atoms with Crippen molar-refractivity contribution in [2.75, 3.05) is 0 Å². The molecule has 3 aromatic carbocycles. The highest BCUT2D eigenvalue weighted by Crippen LogP contribution is 2.32. The van der Waals surface area contributed by atoms with Gasteiger partial charge in [-0.2, -0.15) is 0 Å². The number of carbonyl (C=O) groups excluding carboxylic acids is 1. The number of aryl methyl sites for hydroxylation is 4. The van der Waals surface area contributed by atoms with E-state index >= 15 is 0 Å². The summed E-state index contributed by atoms with van der Waals surface area (Å²) in [5.74, 6) is 0.106. The van der Waals surface area contributed by atoms with Gasteiger partial charge in [-0.05, 0) is 110 Å². The van der Waals surface area contributed by atoms with Gasteiger partial charge in [0, 0.05) is 18.6 Å². The van der Waals surface area contributed by atoms with Gasteiger partial charge in [-0.25, -0.2) is 0 Å². The highest BCUT2D eigenvalue weighted by Gasteiger charge is 2.17. The minimum absolute atomic E-state index is 0.191. The zero-order chi connectivity index (χ0) is 25.8. The third-order valence-electron chi connectivity index (χ3n) is 6.09. The fourth-order valence-electron chi connectivity index (χ4n) is 4.47. The number of carbonyl (C=O) groups is 1. The highest BCUT2D eigenvalue weighted by molar-refractivity contribution is 6.00. The molecule has 0 heterocycles. The molecule has 0 saturated heterocycles. The molecule has 0 spiro atoms. The van der Waals surface area contributed by atoms with Crippen molar-refractivity contribution in [3.8, 4) is 16.9 Å². The van der Waals surface area contributed by atoms with Crippen molar-refractivity contribution >= 4 is 11.7 Å². The maximum absolute atomic E-state index is 12.1. The van der Waals surface area contributed by atoms with E-state index in [0.29, 0.717) is 30.7 Å². The lowest BCUT2D eigenvalue weighted by atomic mass is 9.91. The van der Waals surface area contributed by atoms with Crippen LogP contribution in [-0.4, -0.2) is 22.4 Å². The van der Waals surface area contributed by atoms with Crippen LogP contribution in [0.2, 0.25) is 0 Å². The fraction of sp³-hybridized carbons (Fsp3) is 0.355. The molecule has 0 aliphatic rings. The minimum atomic E-state index is -0.471. The number of hydrogen-bond acceptors (Lipinski definition) is 4. The van der Waals surface area contributed by atoms with Crippen LogP contribution in [0.1, 0.15) is 67.5 Å². The Labute approximate surface area is 209 Å². The van der Waals surface area contributed by atoms with Crippen LogP contribution >= 0.6 is 0 Å². The molecular weight excluding hydrogens is 434 g/mol. The van der Waals surface area contributed by atoms with Crippen molar-refractivity contribution < 1.29 is 14.6 Å². The average Bonchev–Trinajstić information content (AvgIpc) is 2.76. The molecule has 0 unspecified atom stereocenters. The van der Waals surface area contributed by atoms with Crippen LogP contribution in [0.3, 0.4) is 0 Å². The molecule has 0 amide bonds. The van der Waals surface area contributed by atoms with Crippen LogP contribution in [0.4, 0.5) is 0 Å². The van der Waals surface area contributed by atoms with Crippen molar-refractivity contribution in [1.29, 1.82) is 5.41 Å². The van der Waals surface area contributed by atoms with Crippen molar-refractivity contribution in [3.05, 3.63) is 88.0 Å². The van der Waals surface area contributed by atoms with Gasteiger partial charge in [0.1, 0.15) is 11.4 Å². The average molecular weight is 472 g/mol. The van der Waals surface area contributed by atoms with Crippen molar-refractivity contribution in [3.63, 3.8) is 0 Å². The molecule has 184 valence electrons. The molecule has 4 nitrogen and oxygen atoms in total. The first kappa shape index (κ1) is 26.2. The number of benzene rings is 3. The monoisotopic (exact) mass is 471 g/mol. The first-order valence-corrected chi connectivity index (χ1v) is 12.3. The van der Waals surface area contributed by atoms with Gasteiger partial charge in [-0.15, -0.1) is 0 Å². The number of rotatable bonds is 8. The zero-order valence-corrected chi connectivity index (χ0v) is 21.8. The normalized spacial score (nSPS) is 11.4. The Morgan fingerprint density at radius 3 is 2.37 bits per heavy atom. The Morgan fingerprint density at radius 2 is 1.71 bits per heavy atom. The maximum Gasteiger partial charge on any atom is 0.306 e. The highest BCUT2D eigenvalue weighted by atomic mass is 16.6. The molecule has 0 atom stereocenters. The molecule has 0 fully saturated rings. The van der Waals surface area contributed by atoms with Gasteiger partial charge in [0.05, 0.1) is 0 Å². The van der Waals surface area contributed by atoms with Gasteiger partial charge < -0.3 is 15.3 Å². The summed E-state index contributed by atoms with van der Waals surface area (Å²) in [7, 11) is 0. The van der Waals surface area contributed by atoms with E-state index in [0.717, 1.165) is 50.9 Å². The van der Waals surface area contributed by atoms with E-state index in [1.165, 1.54) is 0 Å². The van der Waals surface area contributed by atoms with E-state index in [-0.39, 0.29) is 5.97 Å². The van der Waals surface area contributed by atoms with E-state index in [2.05, 4.69) is 25.1 Å². The van der Waals surface area contributed by atoms with Crippen LogP contribution in [0, 0.1) is 19.3 Å². The summed E-state index contributed by atoms with van der Waals surface area (Å²) in [4.78, 5) is 12.1. The summed E-state index contributed by atoms with van der Waals surface area (Å²) in [6, 6.07) is 18.0. The first-order chi connectivity index (χ1) is 16.5. The summed E-state index contributed by atoms with van der Waals surface area (Å²) < 4.78 is 5.41. The van der Waals surface area contributed by atoms with Gasteiger partial charge in [0.15, 0.2) is 0 Å². The van der Waals surface area contributed by atoms with Crippen LogP contribution in [0.15, 0.2) is 54.6 Å².